The van der Waals surface area contributed by atoms with E-state index in [1.165, 1.54) is 6.07 Å². The highest BCUT2D eigenvalue weighted by molar-refractivity contribution is 6.09. The summed E-state index contributed by atoms with van der Waals surface area (Å²) in [4.78, 5) is 20.7. The van der Waals surface area contributed by atoms with Crippen LogP contribution in [-0.2, 0) is 18.0 Å². The Balaban J connectivity index is 1.91. The zero-order valence-electron chi connectivity index (χ0n) is 13.1. The van der Waals surface area contributed by atoms with Crippen molar-refractivity contribution in [3.63, 3.8) is 0 Å². The van der Waals surface area contributed by atoms with Crippen LogP contribution in [0.2, 0.25) is 0 Å². The number of aromatic nitrogens is 1. The number of rotatable bonds is 3. The second kappa shape index (κ2) is 5.74. The molecule has 0 unspecified atom stereocenters. The summed E-state index contributed by atoms with van der Waals surface area (Å²) in [5, 5.41) is 3.77. The van der Waals surface area contributed by atoms with Crippen molar-refractivity contribution in [2.45, 2.75) is 13.2 Å². The minimum atomic E-state index is -0.277. The molecule has 1 aliphatic heterocycles. The van der Waals surface area contributed by atoms with Crippen LogP contribution in [0.3, 0.4) is 0 Å². The molecule has 3 aromatic rings. The fraction of sp³-hybridized carbons (Fsp3) is 0.167. The molecule has 5 nitrogen and oxygen atoms in total. The van der Waals surface area contributed by atoms with Gasteiger partial charge in [0.1, 0.15) is 12.4 Å². The van der Waals surface area contributed by atoms with Crippen molar-refractivity contribution < 1.29 is 14.0 Å². The number of halogens is 1. The third kappa shape index (κ3) is 2.28. The molecule has 0 saturated carbocycles. The molecular weight excluding hydrogens is 309 g/mol. The lowest BCUT2D eigenvalue weighted by atomic mass is 10.0. The lowest BCUT2D eigenvalue weighted by molar-refractivity contribution is 0.0256. The predicted molar refractivity (Wildman–Crippen MR) is 88.7 cm³/mol. The summed E-state index contributed by atoms with van der Waals surface area (Å²) in [6.45, 7) is 0.690. The number of hydroxylamine groups is 1. The standard InChI is InChI=1S/C18H16FN3O2/c1-20-8-11-6-5-10(7-14(11)19)17-13-9-24-22-18(23)12-3-2-4-15(21-17)16(12)13/h2-7,20-21H,8-9H2,1H3,(H,22,23). The van der Waals surface area contributed by atoms with Crippen molar-refractivity contribution in [1.29, 1.82) is 0 Å². The Labute approximate surface area is 137 Å². The molecule has 3 N–H and O–H groups in total. The second-order valence-electron chi connectivity index (χ2n) is 5.76. The van der Waals surface area contributed by atoms with Crippen LogP contribution in [0.25, 0.3) is 22.2 Å². The maximum absolute atomic E-state index is 14.3. The van der Waals surface area contributed by atoms with E-state index in [0.717, 1.165) is 27.7 Å². The van der Waals surface area contributed by atoms with E-state index in [0.29, 0.717) is 17.7 Å². The van der Waals surface area contributed by atoms with Gasteiger partial charge in [0.15, 0.2) is 0 Å². The lowest BCUT2D eigenvalue weighted by Crippen LogP contribution is -2.21. The number of nitrogens with one attached hydrogen (secondary N) is 3. The lowest BCUT2D eigenvalue weighted by Gasteiger charge is -2.07. The topological polar surface area (TPSA) is 66.2 Å². The van der Waals surface area contributed by atoms with Gasteiger partial charge in [-0.15, -0.1) is 0 Å². The van der Waals surface area contributed by atoms with E-state index in [1.54, 1.807) is 19.2 Å². The van der Waals surface area contributed by atoms with Crippen LogP contribution in [0.15, 0.2) is 36.4 Å². The van der Waals surface area contributed by atoms with E-state index in [4.69, 9.17) is 4.84 Å². The fourth-order valence-corrected chi connectivity index (χ4v) is 3.16. The smallest absolute Gasteiger partial charge is 0.275 e. The number of benzene rings is 2. The number of hydrogen-bond donors (Lipinski definition) is 3. The Morgan fingerprint density at radius 2 is 2.17 bits per heavy atom. The van der Waals surface area contributed by atoms with Gasteiger partial charge >= 0.3 is 0 Å². The van der Waals surface area contributed by atoms with Crippen molar-refractivity contribution in [3.8, 4) is 11.3 Å². The van der Waals surface area contributed by atoms with Gasteiger partial charge in [-0.1, -0.05) is 18.2 Å². The van der Waals surface area contributed by atoms with Gasteiger partial charge in [0.05, 0.1) is 11.3 Å². The quantitative estimate of drug-likeness (QED) is 0.694. The Bertz CT molecular complexity index is 949. The Kier molecular flexibility index (Phi) is 3.55. The zero-order valence-corrected chi connectivity index (χ0v) is 13.1. The van der Waals surface area contributed by atoms with Crippen LogP contribution in [0.5, 0.6) is 0 Å². The van der Waals surface area contributed by atoms with E-state index in [9.17, 15) is 9.18 Å². The van der Waals surface area contributed by atoms with E-state index >= 15 is 0 Å². The van der Waals surface area contributed by atoms with Gasteiger partial charge in [-0.25, -0.2) is 9.87 Å². The summed E-state index contributed by atoms with van der Waals surface area (Å²) in [6.07, 6.45) is 0. The molecule has 24 heavy (non-hydrogen) atoms. The molecule has 0 saturated heterocycles. The maximum Gasteiger partial charge on any atom is 0.275 e. The molecule has 1 amide bonds. The molecule has 0 aliphatic carbocycles. The Morgan fingerprint density at radius 3 is 2.96 bits per heavy atom. The maximum atomic E-state index is 14.3. The first-order valence-corrected chi connectivity index (χ1v) is 7.68. The number of amides is 1. The minimum absolute atomic E-state index is 0.220. The molecule has 0 fully saturated rings. The number of carbonyl (C=O) groups excluding carboxylic acids is 1. The van der Waals surface area contributed by atoms with Gasteiger partial charge in [0.25, 0.3) is 5.91 Å². The first-order chi connectivity index (χ1) is 11.7. The highest BCUT2D eigenvalue weighted by Gasteiger charge is 2.23. The van der Waals surface area contributed by atoms with Gasteiger partial charge in [0.2, 0.25) is 0 Å². The first-order valence-electron chi connectivity index (χ1n) is 7.68. The van der Waals surface area contributed by atoms with Crippen molar-refractivity contribution in [3.05, 3.63) is 58.9 Å². The molecule has 4 rings (SSSR count). The highest BCUT2D eigenvalue weighted by Crippen LogP contribution is 2.34. The van der Waals surface area contributed by atoms with Crippen LogP contribution < -0.4 is 10.8 Å². The van der Waals surface area contributed by atoms with Crippen molar-refractivity contribution in [2.24, 2.45) is 0 Å². The molecule has 2 heterocycles. The molecular formula is C18H16FN3O2. The monoisotopic (exact) mass is 325 g/mol. The highest BCUT2D eigenvalue weighted by atomic mass is 19.1. The van der Waals surface area contributed by atoms with Crippen molar-refractivity contribution >= 4 is 16.8 Å². The number of carbonyl (C=O) groups is 1. The summed E-state index contributed by atoms with van der Waals surface area (Å²) >= 11 is 0. The zero-order chi connectivity index (χ0) is 16.7. The third-order valence-corrected chi connectivity index (χ3v) is 4.26. The molecule has 0 bridgehead atoms. The fourth-order valence-electron chi connectivity index (χ4n) is 3.16. The van der Waals surface area contributed by atoms with Crippen LogP contribution in [0.4, 0.5) is 4.39 Å². The Hall–Kier alpha value is -2.70. The van der Waals surface area contributed by atoms with Gasteiger partial charge in [0, 0.05) is 34.1 Å². The van der Waals surface area contributed by atoms with Crippen LogP contribution in [0, 0.1) is 5.82 Å². The molecule has 2 aromatic carbocycles. The van der Waals surface area contributed by atoms with Crippen molar-refractivity contribution in [1.82, 2.24) is 15.8 Å². The number of hydrogen-bond acceptors (Lipinski definition) is 3. The SMILES string of the molecule is CNCc1ccc(-c2[nH]c3cccc4c3c2CONC4=O)cc1F. The third-order valence-electron chi connectivity index (χ3n) is 4.26. The van der Waals surface area contributed by atoms with E-state index in [2.05, 4.69) is 15.8 Å². The summed E-state index contributed by atoms with van der Waals surface area (Å²) in [6, 6.07) is 10.6. The average molecular weight is 325 g/mol. The normalized spacial score (nSPS) is 13.8. The van der Waals surface area contributed by atoms with E-state index in [1.807, 2.05) is 18.2 Å². The summed E-state index contributed by atoms with van der Waals surface area (Å²) in [7, 11) is 1.78. The van der Waals surface area contributed by atoms with Gasteiger partial charge < -0.3 is 10.3 Å². The minimum Gasteiger partial charge on any atom is -0.354 e. The van der Waals surface area contributed by atoms with Gasteiger partial charge in [-0.3, -0.25) is 9.63 Å². The molecule has 0 spiro atoms. The Morgan fingerprint density at radius 1 is 1.29 bits per heavy atom. The molecule has 122 valence electrons. The summed E-state index contributed by atoms with van der Waals surface area (Å²) in [5.74, 6) is -0.544. The van der Waals surface area contributed by atoms with E-state index in [-0.39, 0.29) is 18.3 Å². The van der Waals surface area contributed by atoms with Crippen LogP contribution >= 0.6 is 0 Å². The summed E-state index contributed by atoms with van der Waals surface area (Å²) < 4.78 is 14.3. The molecule has 0 atom stereocenters. The number of aromatic amines is 1. The average Bonchev–Trinajstić information content (AvgIpc) is 2.86. The predicted octanol–water partition coefficient (Wildman–Crippen LogP) is 2.87. The largest absolute Gasteiger partial charge is 0.354 e. The van der Waals surface area contributed by atoms with Crippen LogP contribution in [-0.4, -0.2) is 17.9 Å². The van der Waals surface area contributed by atoms with Gasteiger partial charge in [-0.2, -0.15) is 0 Å². The van der Waals surface area contributed by atoms with Gasteiger partial charge in [-0.05, 0) is 25.2 Å². The molecule has 1 aromatic heterocycles. The number of H-pyrrole nitrogens is 1. The van der Waals surface area contributed by atoms with Crippen LogP contribution in [0.1, 0.15) is 21.5 Å². The molecule has 0 radical (unpaired) electrons. The van der Waals surface area contributed by atoms with Crippen molar-refractivity contribution in [2.75, 3.05) is 7.05 Å². The first kappa shape index (κ1) is 14.9. The van der Waals surface area contributed by atoms with E-state index < -0.39 is 0 Å². The molecule has 1 aliphatic rings. The molecule has 6 heteroatoms. The summed E-state index contributed by atoms with van der Waals surface area (Å²) in [5.41, 5.74) is 6.75. The second-order valence-corrected chi connectivity index (χ2v) is 5.76.